The molecule has 1 amide bonds. The van der Waals surface area contributed by atoms with Crippen molar-refractivity contribution in [2.45, 2.75) is 19.4 Å². The van der Waals surface area contributed by atoms with Gasteiger partial charge in [-0.1, -0.05) is 60.1 Å². The molecule has 0 bridgehead atoms. The van der Waals surface area contributed by atoms with E-state index in [1.165, 1.54) is 18.0 Å². The van der Waals surface area contributed by atoms with Gasteiger partial charge in [0.05, 0.1) is 17.3 Å². The van der Waals surface area contributed by atoms with E-state index in [4.69, 9.17) is 11.6 Å². The van der Waals surface area contributed by atoms with Crippen molar-refractivity contribution >= 4 is 34.1 Å². The Hall–Kier alpha value is -3.77. The number of amides is 1. The summed E-state index contributed by atoms with van der Waals surface area (Å²) in [6.07, 6.45) is 0.211. The molecule has 1 aromatic heterocycles. The summed E-state index contributed by atoms with van der Waals surface area (Å²) in [7, 11) is 0. The summed E-state index contributed by atoms with van der Waals surface area (Å²) in [5, 5.41) is 7.19. The molecule has 0 saturated heterocycles. The van der Waals surface area contributed by atoms with Crippen LogP contribution in [0.4, 0.5) is 4.39 Å². The van der Waals surface area contributed by atoms with Crippen molar-refractivity contribution in [2.75, 3.05) is 0 Å². The SMILES string of the molecule is CC(=O)N1N=C(c2c(-c3ccc(Cl)cc3)c3ccccc3[nH]c2=O)CC1c1ccccc1F. The third kappa shape index (κ3) is 3.72. The topological polar surface area (TPSA) is 65.5 Å². The second-order valence-electron chi connectivity index (χ2n) is 7.91. The molecule has 5 rings (SSSR count). The van der Waals surface area contributed by atoms with Gasteiger partial charge in [-0.2, -0.15) is 5.10 Å². The van der Waals surface area contributed by atoms with E-state index >= 15 is 0 Å². The first-order valence-corrected chi connectivity index (χ1v) is 10.8. The van der Waals surface area contributed by atoms with Gasteiger partial charge in [0.2, 0.25) is 5.91 Å². The first-order chi connectivity index (χ1) is 15.9. The van der Waals surface area contributed by atoms with Gasteiger partial charge < -0.3 is 4.98 Å². The minimum atomic E-state index is -0.636. The lowest BCUT2D eigenvalue weighted by Crippen LogP contribution is -2.25. The highest BCUT2D eigenvalue weighted by molar-refractivity contribution is 6.30. The molecule has 0 saturated carbocycles. The maximum Gasteiger partial charge on any atom is 0.258 e. The Balaban J connectivity index is 1.74. The zero-order chi connectivity index (χ0) is 23.1. The Morgan fingerprint density at radius 3 is 2.45 bits per heavy atom. The fraction of sp³-hybridized carbons (Fsp3) is 0.115. The zero-order valence-electron chi connectivity index (χ0n) is 17.7. The fourth-order valence-corrected chi connectivity index (χ4v) is 4.50. The molecular formula is C26H19ClFN3O2. The van der Waals surface area contributed by atoms with Gasteiger partial charge in [-0.25, -0.2) is 9.40 Å². The zero-order valence-corrected chi connectivity index (χ0v) is 18.4. The molecule has 7 heteroatoms. The van der Waals surface area contributed by atoms with Crippen LogP contribution in [0.3, 0.4) is 0 Å². The largest absolute Gasteiger partial charge is 0.321 e. The van der Waals surface area contributed by atoms with E-state index in [-0.39, 0.29) is 17.9 Å². The molecule has 1 aliphatic rings. The second-order valence-corrected chi connectivity index (χ2v) is 8.34. The number of nitrogens with zero attached hydrogens (tertiary/aromatic N) is 2. The summed E-state index contributed by atoms with van der Waals surface area (Å²) in [6.45, 7) is 1.38. The van der Waals surface area contributed by atoms with E-state index < -0.39 is 11.9 Å². The normalized spacial score (nSPS) is 15.7. The number of aromatic amines is 1. The van der Waals surface area contributed by atoms with Crippen molar-refractivity contribution in [3.8, 4) is 11.1 Å². The van der Waals surface area contributed by atoms with Gasteiger partial charge in [0.25, 0.3) is 5.56 Å². The number of para-hydroxylation sites is 1. The van der Waals surface area contributed by atoms with E-state index in [0.29, 0.717) is 32.9 Å². The average Bonchev–Trinajstić information content (AvgIpc) is 3.24. The number of hydrazone groups is 1. The Morgan fingerprint density at radius 1 is 1.03 bits per heavy atom. The van der Waals surface area contributed by atoms with Crippen molar-refractivity contribution in [3.63, 3.8) is 0 Å². The molecule has 5 nitrogen and oxygen atoms in total. The number of pyridine rings is 1. The molecule has 1 N–H and O–H groups in total. The summed E-state index contributed by atoms with van der Waals surface area (Å²) in [5.41, 5.74) is 3.00. The first kappa shape index (κ1) is 21.1. The van der Waals surface area contributed by atoms with Crippen LogP contribution in [0.25, 0.3) is 22.0 Å². The van der Waals surface area contributed by atoms with Gasteiger partial charge in [0, 0.05) is 40.4 Å². The minimum absolute atomic E-state index is 0.211. The monoisotopic (exact) mass is 459 g/mol. The number of halogens is 2. The Kier molecular flexibility index (Phi) is 5.30. The molecule has 164 valence electrons. The van der Waals surface area contributed by atoms with Gasteiger partial charge in [-0.05, 0) is 29.8 Å². The molecule has 1 atom stereocenters. The number of fused-ring (bicyclic) bond motifs is 1. The Bertz CT molecular complexity index is 1480. The highest BCUT2D eigenvalue weighted by Crippen LogP contribution is 2.37. The molecule has 0 fully saturated rings. The van der Waals surface area contributed by atoms with Gasteiger partial charge in [-0.3, -0.25) is 9.59 Å². The number of carbonyl (C=O) groups is 1. The maximum atomic E-state index is 14.6. The third-order valence-corrected chi connectivity index (χ3v) is 6.09. The third-order valence-electron chi connectivity index (χ3n) is 5.84. The molecule has 4 aromatic rings. The van der Waals surface area contributed by atoms with E-state index in [0.717, 1.165) is 10.9 Å². The average molecular weight is 460 g/mol. The quantitative estimate of drug-likeness (QED) is 0.428. The molecule has 0 aliphatic carbocycles. The van der Waals surface area contributed by atoms with Crippen LogP contribution in [0.2, 0.25) is 5.02 Å². The molecule has 1 aliphatic heterocycles. The standard InChI is InChI=1S/C26H19ClFN3O2/c1-15(32)31-23(18-6-2-4-8-20(18)28)14-22(30-31)25-24(16-10-12-17(27)13-11-16)19-7-3-5-9-21(19)29-26(25)33/h2-13,23H,14H2,1H3,(H,29,33). The van der Waals surface area contributed by atoms with Crippen LogP contribution in [0.15, 0.2) is 82.7 Å². The van der Waals surface area contributed by atoms with Gasteiger partial charge in [0.1, 0.15) is 5.82 Å². The van der Waals surface area contributed by atoms with Gasteiger partial charge >= 0.3 is 0 Å². The molecule has 0 radical (unpaired) electrons. The van der Waals surface area contributed by atoms with E-state index in [2.05, 4.69) is 10.1 Å². The number of nitrogens with one attached hydrogen (secondary N) is 1. The summed E-state index contributed by atoms with van der Waals surface area (Å²) in [6, 6.07) is 20.4. The molecule has 2 heterocycles. The fourth-order valence-electron chi connectivity index (χ4n) is 4.37. The summed E-state index contributed by atoms with van der Waals surface area (Å²) < 4.78 is 14.6. The molecule has 0 spiro atoms. The summed E-state index contributed by atoms with van der Waals surface area (Å²) in [4.78, 5) is 28.7. The number of rotatable bonds is 3. The van der Waals surface area contributed by atoms with Crippen LogP contribution in [-0.2, 0) is 4.79 Å². The van der Waals surface area contributed by atoms with Gasteiger partial charge in [-0.15, -0.1) is 0 Å². The lowest BCUT2D eigenvalue weighted by Gasteiger charge is -2.20. The van der Waals surface area contributed by atoms with Crippen LogP contribution in [0, 0.1) is 5.82 Å². The lowest BCUT2D eigenvalue weighted by atomic mass is 9.91. The molecule has 3 aromatic carbocycles. The molecular weight excluding hydrogens is 441 g/mol. The Morgan fingerprint density at radius 2 is 1.73 bits per heavy atom. The first-order valence-electron chi connectivity index (χ1n) is 10.5. The number of benzene rings is 3. The summed E-state index contributed by atoms with van der Waals surface area (Å²) in [5.74, 6) is -0.751. The van der Waals surface area contributed by atoms with E-state index in [1.54, 1.807) is 30.3 Å². The van der Waals surface area contributed by atoms with Crippen molar-refractivity contribution < 1.29 is 9.18 Å². The minimum Gasteiger partial charge on any atom is -0.321 e. The number of hydrogen-bond acceptors (Lipinski definition) is 3. The number of carbonyl (C=O) groups excluding carboxylic acids is 1. The van der Waals surface area contributed by atoms with E-state index in [1.807, 2.05) is 36.4 Å². The lowest BCUT2D eigenvalue weighted by molar-refractivity contribution is -0.130. The predicted octanol–water partition coefficient (Wildman–Crippen LogP) is 5.69. The van der Waals surface area contributed by atoms with Crippen LogP contribution < -0.4 is 5.56 Å². The van der Waals surface area contributed by atoms with Crippen LogP contribution in [0.5, 0.6) is 0 Å². The smallest absolute Gasteiger partial charge is 0.258 e. The number of aromatic nitrogens is 1. The number of hydrogen-bond donors (Lipinski definition) is 1. The highest BCUT2D eigenvalue weighted by atomic mass is 35.5. The van der Waals surface area contributed by atoms with Crippen molar-refractivity contribution in [1.82, 2.24) is 9.99 Å². The van der Waals surface area contributed by atoms with Crippen molar-refractivity contribution in [1.29, 1.82) is 0 Å². The van der Waals surface area contributed by atoms with Crippen LogP contribution in [-0.4, -0.2) is 21.6 Å². The maximum absolute atomic E-state index is 14.6. The van der Waals surface area contributed by atoms with Crippen molar-refractivity contribution in [2.24, 2.45) is 5.10 Å². The number of H-pyrrole nitrogens is 1. The predicted molar refractivity (Wildman–Crippen MR) is 128 cm³/mol. The van der Waals surface area contributed by atoms with Crippen molar-refractivity contribution in [3.05, 3.63) is 105 Å². The summed E-state index contributed by atoms with van der Waals surface area (Å²) >= 11 is 6.10. The highest BCUT2D eigenvalue weighted by Gasteiger charge is 2.35. The Labute approximate surface area is 194 Å². The van der Waals surface area contributed by atoms with Gasteiger partial charge in [0.15, 0.2) is 0 Å². The van der Waals surface area contributed by atoms with Crippen LogP contribution >= 0.6 is 11.6 Å². The second kappa shape index (κ2) is 8.30. The molecule has 1 unspecified atom stereocenters. The molecule has 33 heavy (non-hydrogen) atoms. The van der Waals surface area contributed by atoms with E-state index in [9.17, 15) is 14.0 Å². The van der Waals surface area contributed by atoms with Crippen LogP contribution in [0.1, 0.15) is 30.5 Å².